The molecule has 0 saturated heterocycles. The summed E-state index contributed by atoms with van der Waals surface area (Å²) in [5.41, 5.74) is 1.43. The lowest BCUT2D eigenvalue weighted by Gasteiger charge is -2.09. The lowest BCUT2D eigenvalue weighted by atomic mass is 10.1. The van der Waals surface area contributed by atoms with E-state index in [2.05, 4.69) is 21.6 Å². The van der Waals surface area contributed by atoms with Crippen molar-refractivity contribution in [3.8, 4) is 5.75 Å². The van der Waals surface area contributed by atoms with E-state index in [-0.39, 0.29) is 22.4 Å². The van der Waals surface area contributed by atoms with Crippen LogP contribution in [0.4, 0.5) is 10.8 Å². The third kappa shape index (κ3) is 5.72. The number of para-hydroxylation sites is 1. The van der Waals surface area contributed by atoms with Gasteiger partial charge in [-0.25, -0.2) is 13.4 Å². The van der Waals surface area contributed by atoms with Crippen LogP contribution in [0.15, 0.2) is 94.2 Å². The molecule has 0 spiro atoms. The first-order chi connectivity index (χ1) is 16.4. The maximum Gasteiger partial charge on any atom is 0.291 e. The first-order valence-corrected chi connectivity index (χ1v) is 12.5. The number of allylic oxidation sites excluding steroid dienone is 1. The van der Waals surface area contributed by atoms with Gasteiger partial charge in [0.25, 0.3) is 15.9 Å². The standard InChI is InChI=1S/C24H21N3O5S2/c1-2-5-17-6-3-4-7-21(17)31-16-19-10-13-22(32-19)23(28)26-18-8-11-20(12-9-18)34(29,30)27-24-25-14-15-33-24/h2-4,6-15H,1,5,16H2,(H,25,27)(H,26,28). The molecule has 0 saturated carbocycles. The van der Waals surface area contributed by atoms with Crippen molar-refractivity contribution in [3.63, 3.8) is 0 Å². The fraction of sp³-hybridized carbons (Fsp3) is 0.0833. The number of carbonyl (C=O) groups is 1. The van der Waals surface area contributed by atoms with Crippen LogP contribution in [0.25, 0.3) is 0 Å². The second kappa shape index (κ2) is 10.4. The number of anilines is 2. The molecule has 34 heavy (non-hydrogen) atoms. The molecule has 10 heteroatoms. The number of thiazole rings is 1. The summed E-state index contributed by atoms with van der Waals surface area (Å²) < 4.78 is 38.7. The van der Waals surface area contributed by atoms with E-state index in [0.29, 0.717) is 17.9 Å². The number of aromatic nitrogens is 1. The molecule has 0 bridgehead atoms. The van der Waals surface area contributed by atoms with Crippen LogP contribution >= 0.6 is 11.3 Å². The van der Waals surface area contributed by atoms with Crippen molar-refractivity contribution >= 4 is 38.1 Å². The van der Waals surface area contributed by atoms with Crippen LogP contribution in [0.1, 0.15) is 21.9 Å². The summed E-state index contributed by atoms with van der Waals surface area (Å²) in [4.78, 5) is 16.5. The maximum absolute atomic E-state index is 12.5. The van der Waals surface area contributed by atoms with Crippen molar-refractivity contribution in [2.75, 3.05) is 10.0 Å². The molecule has 0 aliphatic carbocycles. The minimum Gasteiger partial charge on any atom is -0.485 e. The maximum atomic E-state index is 12.5. The van der Waals surface area contributed by atoms with E-state index in [1.807, 2.05) is 24.3 Å². The van der Waals surface area contributed by atoms with Crippen molar-refractivity contribution in [1.29, 1.82) is 0 Å². The van der Waals surface area contributed by atoms with Crippen LogP contribution in [-0.2, 0) is 23.1 Å². The smallest absolute Gasteiger partial charge is 0.291 e. The van der Waals surface area contributed by atoms with Gasteiger partial charge in [0.1, 0.15) is 18.1 Å². The average molecular weight is 496 g/mol. The van der Waals surface area contributed by atoms with Crippen LogP contribution in [0.5, 0.6) is 5.75 Å². The summed E-state index contributed by atoms with van der Waals surface area (Å²) in [7, 11) is -3.77. The van der Waals surface area contributed by atoms with E-state index in [9.17, 15) is 13.2 Å². The van der Waals surface area contributed by atoms with Gasteiger partial charge in [0.05, 0.1) is 4.90 Å². The Morgan fingerprint density at radius 3 is 2.65 bits per heavy atom. The molecular weight excluding hydrogens is 474 g/mol. The summed E-state index contributed by atoms with van der Waals surface area (Å²) in [6.45, 7) is 3.92. The highest BCUT2D eigenvalue weighted by atomic mass is 32.2. The number of amides is 1. The van der Waals surface area contributed by atoms with Crippen molar-refractivity contribution in [2.24, 2.45) is 0 Å². The molecule has 8 nitrogen and oxygen atoms in total. The Morgan fingerprint density at radius 2 is 1.91 bits per heavy atom. The highest BCUT2D eigenvalue weighted by Crippen LogP contribution is 2.22. The van der Waals surface area contributed by atoms with Gasteiger partial charge in [0.2, 0.25) is 0 Å². The number of sulfonamides is 1. The molecule has 2 heterocycles. The normalized spacial score (nSPS) is 11.1. The summed E-state index contributed by atoms with van der Waals surface area (Å²) in [5, 5.41) is 4.63. The molecule has 0 aliphatic rings. The SMILES string of the molecule is C=CCc1ccccc1OCc1ccc(C(=O)Nc2ccc(S(=O)(=O)Nc3nccs3)cc2)o1. The molecule has 4 rings (SSSR count). The van der Waals surface area contributed by atoms with Crippen molar-refractivity contribution in [3.05, 3.63) is 102 Å². The topological polar surface area (TPSA) is 111 Å². The van der Waals surface area contributed by atoms with E-state index in [4.69, 9.17) is 9.15 Å². The van der Waals surface area contributed by atoms with Crippen LogP contribution in [0, 0.1) is 0 Å². The van der Waals surface area contributed by atoms with Gasteiger partial charge >= 0.3 is 0 Å². The number of rotatable bonds is 10. The summed E-state index contributed by atoms with van der Waals surface area (Å²) in [6, 6.07) is 16.7. The first kappa shape index (κ1) is 23.3. The molecule has 1 amide bonds. The Hall–Kier alpha value is -3.89. The first-order valence-electron chi connectivity index (χ1n) is 10.2. The van der Waals surface area contributed by atoms with Crippen LogP contribution in [-0.4, -0.2) is 19.3 Å². The third-order valence-corrected chi connectivity index (χ3v) is 6.84. The van der Waals surface area contributed by atoms with Gasteiger partial charge < -0.3 is 14.5 Å². The second-order valence-corrected chi connectivity index (χ2v) is 9.65. The van der Waals surface area contributed by atoms with Crippen molar-refractivity contribution in [1.82, 2.24) is 4.98 Å². The van der Waals surface area contributed by atoms with Crippen molar-refractivity contribution in [2.45, 2.75) is 17.9 Å². The zero-order valence-electron chi connectivity index (χ0n) is 17.9. The average Bonchev–Trinajstić information content (AvgIpc) is 3.51. The van der Waals surface area contributed by atoms with Gasteiger partial charge in [-0.3, -0.25) is 9.52 Å². The molecule has 2 aromatic carbocycles. The predicted octanol–water partition coefficient (Wildman–Crippen LogP) is 5.10. The molecule has 2 N–H and O–H groups in total. The Kier molecular flexibility index (Phi) is 7.09. The van der Waals surface area contributed by atoms with Gasteiger partial charge in [-0.15, -0.1) is 17.9 Å². The second-order valence-electron chi connectivity index (χ2n) is 7.08. The number of hydrogen-bond acceptors (Lipinski definition) is 7. The molecule has 0 fully saturated rings. The largest absolute Gasteiger partial charge is 0.485 e. The quantitative estimate of drug-likeness (QED) is 0.296. The van der Waals surface area contributed by atoms with Gasteiger partial charge in [-0.1, -0.05) is 24.3 Å². The minimum absolute atomic E-state index is 0.0508. The number of furan rings is 1. The Morgan fingerprint density at radius 1 is 1.12 bits per heavy atom. The summed E-state index contributed by atoms with van der Waals surface area (Å²) in [6.07, 6.45) is 4.00. The van der Waals surface area contributed by atoms with Crippen molar-refractivity contribution < 1.29 is 22.4 Å². The van der Waals surface area contributed by atoms with Gasteiger partial charge in [-0.05, 0) is 54.4 Å². The van der Waals surface area contributed by atoms with Gasteiger partial charge in [0.15, 0.2) is 10.9 Å². The number of ether oxygens (including phenoxy) is 1. The Balaban J connectivity index is 1.36. The highest BCUT2D eigenvalue weighted by Gasteiger charge is 2.17. The monoisotopic (exact) mass is 495 g/mol. The van der Waals surface area contributed by atoms with Crippen LogP contribution in [0.3, 0.4) is 0 Å². The lowest BCUT2D eigenvalue weighted by Crippen LogP contribution is -2.13. The fourth-order valence-corrected chi connectivity index (χ4v) is 4.84. The molecule has 0 atom stereocenters. The molecule has 0 aliphatic heterocycles. The molecule has 2 aromatic heterocycles. The summed E-state index contributed by atoms with van der Waals surface area (Å²) in [5.74, 6) is 0.868. The van der Waals surface area contributed by atoms with Gasteiger partial charge in [0, 0.05) is 17.3 Å². The molecular formula is C24H21N3O5S2. The number of carbonyl (C=O) groups excluding carboxylic acids is 1. The van der Waals surface area contributed by atoms with Gasteiger partial charge in [-0.2, -0.15) is 0 Å². The van der Waals surface area contributed by atoms with E-state index in [1.54, 1.807) is 23.6 Å². The fourth-order valence-electron chi connectivity index (χ4n) is 3.05. The third-order valence-electron chi connectivity index (χ3n) is 4.67. The number of hydrogen-bond donors (Lipinski definition) is 2. The zero-order valence-corrected chi connectivity index (χ0v) is 19.6. The highest BCUT2D eigenvalue weighted by molar-refractivity contribution is 7.93. The molecule has 4 aromatic rings. The van der Waals surface area contributed by atoms with E-state index in [1.165, 1.54) is 41.8 Å². The van der Waals surface area contributed by atoms with E-state index in [0.717, 1.165) is 11.3 Å². The van der Waals surface area contributed by atoms with E-state index >= 15 is 0 Å². The van der Waals surface area contributed by atoms with Crippen LogP contribution in [0.2, 0.25) is 0 Å². The number of nitrogens with one attached hydrogen (secondary N) is 2. The summed E-state index contributed by atoms with van der Waals surface area (Å²) >= 11 is 1.18. The Labute approximate surface area is 201 Å². The lowest BCUT2D eigenvalue weighted by molar-refractivity contribution is 0.0992. The number of benzene rings is 2. The molecule has 174 valence electrons. The van der Waals surface area contributed by atoms with E-state index < -0.39 is 15.9 Å². The Bertz CT molecular complexity index is 1380. The number of nitrogens with zero attached hydrogens (tertiary/aromatic N) is 1. The zero-order chi connectivity index (χ0) is 24.0. The molecule has 0 unspecified atom stereocenters. The predicted molar refractivity (Wildman–Crippen MR) is 131 cm³/mol. The van der Waals surface area contributed by atoms with Crippen LogP contribution < -0.4 is 14.8 Å². The molecule has 0 radical (unpaired) electrons. The minimum atomic E-state index is -3.77.